The number of nitrogens with zero attached hydrogens (tertiary/aromatic N) is 2. The van der Waals surface area contributed by atoms with E-state index in [2.05, 4.69) is 9.88 Å². The van der Waals surface area contributed by atoms with Crippen molar-refractivity contribution in [2.75, 3.05) is 18.6 Å². The zero-order valence-electron chi connectivity index (χ0n) is 17.9. The van der Waals surface area contributed by atoms with E-state index in [-0.39, 0.29) is 5.97 Å². The highest BCUT2D eigenvalue weighted by Crippen LogP contribution is 2.33. The quantitative estimate of drug-likeness (QED) is 0.304. The molecule has 8 heteroatoms. The molecule has 0 unspecified atom stereocenters. The molecule has 0 spiro atoms. The number of esters is 1. The lowest BCUT2D eigenvalue weighted by Crippen LogP contribution is -2.16. The Balaban J connectivity index is 1.68. The van der Waals surface area contributed by atoms with Crippen LogP contribution in [-0.2, 0) is 22.3 Å². The van der Waals surface area contributed by atoms with Crippen molar-refractivity contribution in [3.8, 4) is 10.6 Å². The molecule has 0 aliphatic carbocycles. The number of alkyl halides is 3. The van der Waals surface area contributed by atoms with Gasteiger partial charge in [0, 0.05) is 29.3 Å². The van der Waals surface area contributed by atoms with Gasteiger partial charge in [0.25, 0.3) is 0 Å². The molecule has 0 radical (unpaired) electrons. The lowest BCUT2D eigenvalue weighted by molar-refractivity contribution is -0.138. The first-order chi connectivity index (χ1) is 15.2. The fourth-order valence-corrected chi connectivity index (χ4v) is 4.12. The summed E-state index contributed by atoms with van der Waals surface area (Å²) < 4.78 is 43.2. The van der Waals surface area contributed by atoms with Crippen molar-refractivity contribution in [1.82, 2.24) is 4.98 Å². The molecular formula is C24H23F3N2O2S. The number of hydrogen-bond acceptors (Lipinski definition) is 5. The average Bonchev–Trinajstić information content (AvgIpc) is 3.12. The lowest BCUT2D eigenvalue weighted by Gasteiger charge is -2.18. The molecule has 4 nitrogen and oxygen atoms in total. The second-order valence-electron chi connectivity index (χ2n) is 7.14. The van der Waals surface area contributed by atoms with E-state index in [1.165, 1.54) is 29.5 Å². The molecule has 1 aromatic heterocycles. The van der Waals surface area contributed by atoms with Crippen LogP contribution in [0.5, 0.6) is 0 Å². The van der Waals surface area contributed by atoms with Gasteiger partial charge >= 0.3 is 12.1 Å². The number of aryl methyl sites for hydroxylation is 1. The van der Waals surface area contributed by atoms with E-state index in [4.69, 9.17) is 4.74 Å². The van der Waals surface area contributed by atoms with Crippen LogP contribution in [0.25, 0.3) is 16.6 Å². The number of anilines is 1. The number of thiazole rings is 1. The van der Waals surface area contributed by atoms with Gasteiger partial charge in [-0.2, -0.15) is 13.2 Å². The fraction of sp³-hybridized carbons (Fsp3) is 0.250. The van der Waals surface area contributed by atoms with Crippen molar-refractivity contribution >= 4 is 29.1 Å². The first kappa shape index (κ1) is 23.5. The Morgan fingerprint density at radius 1 is 1.12 bits per heavy atom. The van der Waals surface area contributed by atoms with E-state index in [1.54, 1.807) is 13.0 Å². The molecule has 0 atom stereocenters. The average molecular weight is 461 g/mol. The fourth-order valence-electron chi connectivity index (χ4n) is 3.00. The van der Waals surface area contributed by atoms with Crippen molar-refractivity contribution in [1.29, 1.82) is 0 Å². The van der Waals surface area contributed by atoms with Crippen LogP contribution in [0.1, 0.15) is 28.6 Å². The zero-order chi connectivity index (χ0) is 23.3. The number of hydrogen-bond donors (Lipinski definition) is 0. The van der Waals surface area contributed by atoms with E-state index in [9.17, 15) is 18.0 Å². The summed E-state index contributed by atoms with van der Waals surface area (Å²) in [6.45, 7) is 4.61. The number of halogens is 3. The van der Waals surface area contributed by atoms with Crippen molar-refractivity contribution in [2.45, 2.75) is 26.6 Å². The predicted molar refractivity (Wildman–Crippen MR) is 122 cm³/mol. The van der Waals surface area contributed by atoms with Gasteiger partial charge in [-0.05, 0) is 49.8 Å². The molecule has 0 aliphatic heterocycles. The number of benzene rings is 2. The van der Waals surface area contributed by atoms with Crippen LogP contribution in [0.3, 0.4) is 0 Å². The van der Waals surface area contributed by atoms with E-state index in [0.717, 1.165) is 34.0 Å². The topological polar surface area (TPSA) is 42.4 Å². The minimum atomic E-state index is -4.35. The van der Waals surface area contributed by atoms with Gasteiger partial charge in [-0.1, -0.05) is 24.3 Å². The Morgan fingerprint density at radius 3 is 2.38 bits per heavy atom. The third-order valence-electron chi connectivity index (χ3n) is 4.76. The molecule has 3 rings (SSSR count). The molecule has 32 heavy (non-hydrogen) atoms. The summed E-state index contributed by atoms with van der Waals surface area (Å²) in [4.78, 5) is 19.1. The maximum absolute atomic E-state index is 12.8. The molecular weight excluding hydrogens is 437 g/mol. The van der Waals surface area contributed by atoms with E-state index in [0.29, 0.717) is 23.7 Å². The molecule has 3 aromatic rings. The molecule has 0 saturated carbocycles. The summed E-state index contributed by atoms with van der Waals surface area (Å²) in [5.74, 6) is -0.377. The van der Waals surface area contributed by atoms with Gasteiger partial charge in [0.15, 0.2) is 0 Å². The minimum Gasteiger partial charge on any atom is -0.463 e. The maximum Gasteiger partial charge on any atom is 0.416 e. The molecule has 0 saturated heterocycles. The Bertz CT molecular complexity index is 1090. The standard InChI is InChI=1S/C24H23F3N2O2S/c1-4-31-22(30)14-7-17-5-12-20(13-6-17)29(3)15-21-16(2)28-23(32-21)18-8-10-19(11-9-18)24(25,26)27/h5-14H,4,15H2,1-3H3/b14-7+. The zero-order valence-corrected chi connectivity index (χ0v) is 18.8. The Hall–Kier alpha value is -3.13. The van der Waals surface area contributed by atoms with Crippen molar-refractivity contribution < 1.29 is 22.7 Å². The molecule has 0 bridgehead atoms. The van der Waals surface area contributed by atoms with Crippen LogP contribution in [-0.4, -0.2) is 24.6 Å². The van der Waals surface area contributed by atoms with E-state index in [1.807, 2.05) is 38.2 Å². The van der Waals surface area contributed by atoms with Crippen LogP contribution < -0.4 is 4.90 Å². The van der Waals surface area contributed by atoms with Crippen molar-refractivity contribution in [2.24, 2.45) is 0 Å². The predicted octanol–water partition coefficient (Wildman–Crippen LogP) is 6.35. The van der Waals surface area contributed by atoms with Gasteiger partial charge in [-0.25, -0.2) is 9.78 Å². The molecule has 168 valence electrons. The smallest absolute Gasteiger partial charge is 0.416 e. The third kappa shape index (κ3) is 5.97. The third-order valence-corrected chi connectivity index (χ3v) is 5.96. The van der Waals surface area contributed by atoms with E-state index >= 15 is 0 Å². The summed E-state index contributed by atoms with van der Waals surface area (Å²) in [5.41, 5.74) is 2.72. The summed E-state index contributed by atoms with van der Waals surface area (Å²) in [6, 6.07) is 12.8. The SMILES string of the molecule is CCOC(=O)/C=C/c1ccc(N(C)Cc2sc(-c3ccc(C(F)(F)F)cc3)nc2C)cc1. The molecule has 1 heterocycles. The van der Waals surface area contributed by atoms with Gasteiger partial charge < -0.3 is 9.64 Å². The highest BCUT2D eigenvalue weighted by molar-refractivity contribution is 7.15. The number of aromatic nitrogens is 1. The molecule has 0 fully saturated rings. The van der Waals surface area contributed by atoms with Gasteiger partial charge in [-0.15, -0.1) is 11.3 Å². The number of carbonyl (C=O) groups is 1. The van der Waals surface area contributed by atoms with Gasteiger partial charge in [-0.3, -0.25) is 0 Å². The first-order valence-corrected chi connectivity index (χ1v) is 10.8. The van der Waals surface area contributed by atoms with Crippen LogP contribution >= 0.6 is 11.3 Å². The number of rotatable bonds is 7. The van der Waals surface area contributed by atoms with Gasteiger partial charge in [0.1, 0.15) is 5.01 Å². The molecule has 0 aliphatic rings. The molecule has 0 N–H and O–H groups in total. The lowest BCUT2D eigenvalue weighted by atomic mass is 10.1. The highest BCUT2D eigenvalue weighted by Gasteiger charge is 2.30. The molecule has 2 aromatic carbocycles. The monoisotopic (exact) mass is 460 g/mol. The largest absolute Gasteiger partial charge is 0.463 e. The van der Waals surface area contributed by atoms with Gasteiger partial charge in [0.2, 0.25) is 0 Å². The Labute approximate surface area is 189 Å². The second kappa shape index (κ2) is 9.99. The Morgan fingerprint density at radius 2 is 1.78 bits per heavy atom. The Kier molecular flexibility index (Phi) is 7.35. The van der Waals surface area contributed by atoms with Crippen LogP contribution in [0.15, 0.2) is 54.6 Å². The summed E-state index contributed by atoms with van der Waals surface area (Å²) in [7, 11) is 1.96. The van der Waals surface area contributed by atoms with Crippen LogP contribution in [0.4, 0.5) is 18.9 Å². The number of ether oxygens (including phenoxy) is 1. The van der Waals surface area contributed by atoms with Crippen molar-refractivity contribution in [3.63, 3.8) is 0 Å². The summed E-state index contributed by atoms with van der Waals surface area (Å²) in [6.07, 6.45) is -1.26. The minimum absolute atomic E-state index is 0.338. The first-order valence-electron chi connectivity index (χ1n) is 9.97. The summed E-state index contributed by atoms with van der Waals surface area (Å²) in [5, 5.41) is 0.694. The maximum atomic E-state index is 12.8. The summed E-state index contributed by atoms with van der Waals surface area (Å²) >= 11 is 1.47. The highest BCUT2D eigenvalue weighted by atomic mass is 32.1. The van der Waals surface area contributed by atoms with Crippen LogP contribution in [0, 0.1) is 6.92 Å². The van der Waals surface area contributed by atoms with Gasteiger partial charge in [0.05, 0.1) is 24.4 Å². The van der Waals surface area contributed by atoms with Crippen LogP contribution in [0.2, 0.25) is 0 Å². The number of carbonyl (C=O) groups excluding carboxylic acids is 1. The normalized spacial score (nSPS) is 11.7. The molecule has 0 amide bonds. The van der Waals surface area contributed by atoms with Crippen molar-refractivity contribution in [3.05, 3.63) is 76.3 Å². The van der Waals surface area contributed by atoms with E-state index < -0.39 is 11.7 Å². The second-order valence-corrected chi connectivity index (χ2v) is 8.22.